The van der Waals surface area contributed by atoms with Gasteiger partial charge in [0.05, 0.1) is 6.42 Å². The molecule has 0 aliphatic rings. The van der Waals surface area contributed by atoms with Crippen molar-refractivity contribution in [3.8, 4) is 0 Å². The lowest BCUT2D eigenvalue weighted by atomic mass is 10.2. The molecular weight excluding hydrogens is 288 g/mol. The van der Waals surface area contributed by atoms with Crippen LogP contribution in [0.1, 0.15) is 25.7 Å². The molecule has 0 atom stereocenters. The van der Waals surface area contributed by atoms with Crippen LogP contribution in [0.25, 0.3) is 0 Å². The molecule has 0 aliphatic carbocycles. The van der Waals surface area contributed by atoms with Gasteiger partial charge in [0, 0.05) is 6.42 Å². The minimum Gasteiger partial charge on any atom is -0.520 e. The normalized spacial score (nSPS) is 12.5. The molecule has 0 saturated carbocycles. The van der Waals surface area contributed by atoms with Crippen LogP contribution in [-0.2, 0) is 18.4 Å². The molecule has 4 nitrogen and oxygen atoms in total. The molecule has 0 spiro atoms. The first-order valence-corrected chi connectivity index (χ1v) is 13.9. The minimum atomic E-state index is -1.77. The van der Waals surface area contributed by atoms with Crippen LogP contribution in [0.15, 0.2) is 12.2 Å². The third-order valence-corrected chi connectivity index (χ3v) is 3.72. The van der Waals surface area contributed by atoms with E-state index in [2.05, 4.69) is 0 Å². The quantitative estimate of drug-likeness (QED) is 0.387. The van der Waals surface area contributed by atoms with E-state index in [-0.39, 0.29) is 11.9 Å². The molecule has 0 rings (SSSR count). The maximum atomic E-state index is 11.5. The minimum absolute atomic E-state index is 0.115. The molecule has 0 radical (unpaired) electrons. The summed E-state index contributed by atoms with van der Waals surface area (Å²) in [5.41, 5.74) is 0. The zero-order chi connectivity index (χ0) is 15.8. The van der Waals surface area contributed by atoms with Crippen molar-refractivity contribution in [1.29, 1.82) is 0 Å². The summed E-state index contributed by atoms with van der Waals surface area (Å²) in [6.07, 6.45) is 6.01. The molecule has 0 N–H and O–H groups in total. The van der Waals surface area contributed by atoms with Gasteiger partial charge in [-0.2, -0.15) is 0 Å². The van der Waals surface area contributed by atoms with Crippen molar-refractivity contribution in [2.75, 3.05) is 0 Å². The van der Waals surface area contributed by atoms with E-state index in [1.165, 1.54) is 0 Å². The maximum Gasteiger partial charge on any atom is 0.296 e. The summed E-state index contributed by atoms with van der Waals surface area (Å²) >= 11 is 0. The summed E-state index contributed by atoms with van der Waals surface area (Å²) in [6, 6.07) is 0. The van der Waals surface area contributed by atoms with E-state index in [9.17, 15) is 9.59 Å². The van der Waals surface area contributed by atoms with Crippen LogP contribution in [0.3, 0.4) is 0 Å². The highest BCUT2D eigenvalue weighted by Gasteiger charge is 2.19. The second kappa shape index (κ2) is 8.41. The van der Waals surface area contributed by atoms with Crippen molar-refractivity contribution < 1.29 is 18.4 Å². The number of hydrogen-bond donors (Lipinski definition) is 0. The fraction of sp³-hybridized carbons (Fsp3) is 0.714. The molecule has 0 aliphatic heterocycles. The first kappa shape index (κ1) is 19.1. The highest BCUT2D eigenvalue weighted by Crippen LogP contribution is 2.08. The molecule has 0 fully saturated rings. The van der Waals surface area contributed by atoms with Crippen LogP contribution in [0, 0.1) is 0 Å². The molecular formula is C14H28O4Si2. The predicted molar refractivity (Wildman–Crippen MR) is 86.5 cm³/mol. The molecule has 0 amide bonds. The second-order valence-electron chi connectivity index (χ2n) is 6.74. The average Bonchev–Trinajstić information content (AvgIpc) is 2.17. The molecule has 116 valence electrons. The van der Waals surface area contributed by atoms with Gasteiger partial charge in [-0.25, -0.2) is 0 Å². The molecule has 0 saturated heterocycles. The largest absolute Gasteiger partial charge is 0.520 e. The highest BCUT2D eigenvalue weighted by atomic mass is 28.4. The van der Waals surface area contributed by atoms with E-state index in [4.69, 9.17) is 8.85 Å². The van der Waals surface area contributed by atoms with Crippen molar-refractivity contribution in [2.24, 2.45) is 0 Å². The fourth-order valence-corrected chi connectivity index (χ4v) is 2.99. The van der Waals surface area contributed by atoms with Gasteiger partial charge >= 0.3 is 0 Å². The van der Waals surface area contributed by atoms with Gasteiger partial charge in [-0.15, -0.1) is 0 Å². The van der Waals surface area contributed by atoms with Crippen molar-refractivity contribution in [3.63, 3.8) is 0 Å². The lowest BCUT2D eigenvalue weighted by molar-refractivity contribution is -0.135. The van der Waals surface area contributed by atoms with E-state index in [0.29, 0.717) is 12.8 Å². The molecule has 0 bridgehead atoms. The molecule has 0 aromatic rings. The average molecular weight is 317 g/mol. The van der Waals surface area contributed by atoms with Crippen molar-refractivity contribution in [2.45, 2.75) is 65.0 Å². The summed E-state index contributed by atoms with van der Waals surface area (Å²) in [5, 5.41) is 0. The van der Waals surface area contributed by atoms with Crippen molar-refractivity contribution >= 4 is 28.6 Å². The number of hydrogen-bond acceptors (Lipinski definition) is 4. The Labute approximate surface area is 124 Å². The summed E-state index contributed by atoms with van der Waals surface area (Å²) in [4.78, 5) is 22.9. The summed E-state index contributed by atoms with van der Waals surface area (Å²) in [6.45, 7) is 11.9. The molecule has 6 heteroatoms. The van der Waals surface area contributed by atoms with Gasteiger partial charge in [-0.05, 0) is 52.1 Å². The molecule has 0 unspecified atom stereocenters. The lowest BCUT2D eigenvalue weighted by Gasteiger charge is -2.17. The molecule has 0 aromatic carbocycles. The van der Waals surface area contributed by atoms with Crippen LogP contribution < -0.4 is 0 Å². The van der Waals surface area contributed by atoms with Gasteiger partial charge in [-0.3, -0.25) is 9.59 Å². The summed E-state index contributed by atoms with van der Waals surface area (Å²) in [5.74, 6) is -0.283. The molecule has 0 aromatic heterocycles. The van der Waals surface area contributed by atoms with Crippen LogP contribution in [-0.4, -0.2) is 28.6 Å². The maximum absolute atomic E-state index is 11.5. The third kappa shape index (κ3) is 13.5. The van der Waals surface area contributed by atoms with Gasteiger partial charge in [0.15, 0.2) is 0 Å². The number of unbranched alkanes of at least 4 members (excludes halogenated alkanes) is 1. The SMILES string of the molecule is C[Si](C)(C)OC(=O)C/C=C\CCCC(=O)O[Si](C)(C)C. The van der Waals surface area contributed by atoms with E-state index < -0.39 is 16.6 Å². The number of allylic oxidation sites excluding steroid dienone is 1. The van der Waals surface area contributed by atoms with Crippen LogP contribution in [0.5, 0.6) is 0 Å². The Morgan fingerprint density at radius 2 is 1.35 bits per heavy atom. The molecule has 20 heavy (non-hydrogen) atoms. The Morgan fingerprint density at radius 3 is 1.85 bits per heavy atom. The third-order valence-electron chi connectivity index (χ3n) is 2.04. The van der Waals surface area contributed by atoms with Gasteiger partial charge in [0.2, 0.25) is 16.6 Å². The highest BCUT2D eigenvalue weighted by molar-refractivity contribution is 6.71. The topological polar surface area (TPSA) is 52.6 Å². The predicted octanol–water partition coefficient (Wildman–Crippen LogP) is 3.86. The Hall–Kier alpha value is -0.886. The van der Waals surface area contributed by atoms with Gasteiger partial charge in [-0.1, -0.05) is 12.2 Å². The van der Waals surface area contributed by atoms with E-state index in [1.807, 2.05) is 51.4 Å². The van der Waals surface area contributed by atoms with Crippen LogP contribution in [0.2, 0.25) is 39.3 Å². The summed E-state index contributed by atoms with van der Waals surface area (Å²) in [7, 11) is -3.53. The van der Waals surface area contributed by atoms with E-state index >= 15 is 0 Å². The van der Waals surface area contributed by atoms with Crippen LogP contribution in [0.4, 0.5) is 0 Å². The zero-order valence-electron chi connectivity index (χ0n) is 13.6. The lowest BCUT2D eigenvalue weighted by Crippen LogP contribution is -2.29. The number of carbonyl (C=O) groups is 2. The Kier molecular flexibility index (Phi) is 8.04. The monoisotopic (exact) mass is 316 g/mol. The Balaban J connectivity index is 3.73. The first-order chi connectivity index (χ1) is 8.99. The van der Waals surface area contributed by atoms with Gasteiger partial charge in [0.25, 0.3) is 11.9 Å². The molecule has 0 heterocycles. The van der Waals surface area contributed by atoms with Crippen molar-refractivity contribution in [3.05, 3.63) is 12.2 Å². The number of rotatable bonds is 8. The first-order valence-electron chi connectivity index (χ1n) is 7.08. The fourth-order valence-electron chi connectivity index (χ4n) is 1.44. The second-order valence-corrected chi connectivity index (χ2v) is 15.6. The van der Waals surface area contributed by atoms with Gasteiger partial charge in [0.1, 0.15) is 0 Å². The van der Waals surface area contributed by atoms with Crippen molar-refractivity contribution in [1.82, 2.24) is 0 Å². The smallest absolute Gasteiger partial charge is 0.296 e. The number of carbonyl (C=O) groups excluding carboxylic acids is 2. The standard InChI is InChI=1S/C14H28O4Si2/c1-19(2,3)17-13(15)11-9-7-8-10-12-14(16)18-20(4,5)6/h7,9H,8,10-12H2,1-6H3/b9-7-. The Bertz CT molecular complexity index is 351. The zero-order valence-corrected chi connectivity index (χ0v) is 15.6. The van der Waals surface area contributed by atoms with Crippen LogP contribution >= 0.6 is 0 Å². The summed E-state index contributed by atoms with van der Waals surface area (Å²) < 4.78 is 10.7. The van der Waals surface area contributed by atoms with Gasteiger partial charge < -0.3 is 8.85 Å². The van der Waals surface area contributed by atoms with E-state index in [1.54, 1.807) is 0 Å². The Morgan fingerprint density at radius 1 is 0.850 bits per heavy atom. The van der Waals surface area contributed by atoms with E-state index in [0.717, 1.165) is 12.8 Å².